The Morgan fingerprint density at radius 3 is 2.26 bits per heavy atom. The van der Waals surface area contributed by atoms with E-state index in [-0.39, 0.29) is 12.7 Å². The number of rotatable bonds is 12. The predicted molar refractivity (Wildman–Crippen MR) is 76.4 cm³/mol. The Balaban J connectivity index is 3.51. The van der Waals surface area contributed by atoms with Crippen LogP contribution < -0.4 is 0 Å². The summed E-state index contributed by atoms with van der Waals surface area (Å²) in [5.41, 5.74) is 0. The molecule has 0 aromatic heterocycles. The summed E-state index contributed by atoms with van der Waals surface area (Å²) in [5, 5.41) is 0. The van der Waals surface area contributed by atoms with Crippen LogP contribution in [0.15, 0.2) is 0 Å². The van der Waals surface area contributed by atoms with Gasteiger partial charge in [0.25, 0.3) is 0 Å². The first-order chi connectivity index (χ1) is 9.24. The van der Waals surface area contributed by atoms with Crippen molar-refractivity contribution in [3.05, 3.63) is 0 Å². The number of ether oxygens (including phenoxy) is 3. The van der Waals surface area contributed by atoms with E-state index in [1.807, 2.05) is 6.92 Å². The SMILES string of the molecule is CCCCCCOC(=O)OCC(CC)OCCCC. The van der Waals surface area contributed by atoms with Crippen molar-refractivity contribution in [1.29, 1.82) is 0 Å². The van der Waals surface area contributed by atoms with Gasteiger partial charge in [0, 0.05) is 6.61 Å². The van der Waals surface area contributed by atoms with E-state index in [0.717, 1.165) is 38.7 Å². The van der Waals surface area contributed by atoms with Gasteiger partial charge in [-0.25, -0.2) is 4.79 Å². The maximum atomic E-state index is 11.3. The van der Waals surface area contributed by atoms with Gasteiger partial charge in [0.15, 0.2) is 0 Å². The van der Waals surface area contributed by atoms with Gasteiger partial charge in [-0.15, -0.1) is 0 Å². The third-order valence-corrected chi connectivity index (χ3v) is 2.91. The molecule has 0 saturated carbocycles. The van der Waals surface area contributed by atoms with E-state index in [0.29, 0.717) is 6.61 Å². The van der Waals surface area contributed by atoms with Crippen LogP contribution in [0.2, 0.25) is 0 Å². The standard InChI is InChI=1S/C15H30O4/c1-4-7-9-10-12-18-15(16)19-13-14(6-3)17-11-8-5-2/h14H,4-13H2,1-3H3. The molecule has 1 atom stereocenters. The summed E-state index contributed by atoms with van der Waals surface area (Å²) in [6.07, 6.45) is 6.77. The molecule has 0 N–H and O–H groups in total. The van der Waals surface area contributed by atoms with Crippen LogP contribution >= 0.6 is 0 Å². The van der Waals surface area contributed by atoms with Crippen LogP contribution in [0.3, 0.4) is 0 Å². The molecule has 0 saturated heterocycles. The molecule has 0 heterocycles. The number of carbonyl (C=O) groups excluding carboxylic acids is 1. The Hall–Kier alpha value is -0.770. The van der Waals surface area contributed by atoms with Crippen LogP contribution in [0.4, 0.5) is 4.79 Å². The smallest absolute Gasteiger partial charge is 0.434 e. The molecular formula is C15H30O4. The molecule has 0 spiro atoms. The quantitative estimate of drug-likeness (QED) is 0.393. The summed E-state index contributed by atoms with van der Waals surface area (Å²) in [4.78, 5) is 11.3. The lowest BCUT2D eigenvalue weighted by atomic mass is 10.2. The summed E-state index contributed by atoms with van der Waals surface area (Å²) < 4.78 is 15.6. The van der Waals surface area contributed by atoms with E-state index in [1.54, 1.807) is 0 Å². The van der Waals surface area contributed by atoms with Crippen molar-refractivity contribution in [2.24, 2.45) is 0 Å². The second-order valence-corrected chi connectivity index (χ2v) is 4.72. The molecule has 0 rings (SSSR count). The van der Waals surface area contributed by atoms with Crippen LogP contribution in [0.25, 0.3) is 0 Å². The fourth-order valence-electron chi connectivity index (χ4n) is 1.57. The molecule has 0 amide bonds. The van der Waals surface area contributed by atoms with Crippen LogP contribution in [0.5, 0.6) is 0 Å². The average molecular weight is 274 g/mol. The van der Waals surface area contributed by atoms with E-state index in [9.17, 15) is 4.79 Å². The van der Waals surface area contributed by atoms with E-state index in [2.05, 4.69) is 13.8 Å². The summed E-state index contributed by atoms with van der Waals surface area (Å²) in [6.45, 7) is 7.76. The first-order valence-corrected chi connectivity index (χ1v) is 7.65. The Kier molecular flexibility index (Phi) is 13.1. The predicted octanol–water partition coefficient (Wildman–Crippen LogP) is 4.32. The van der Waals surface area contributed by atoms with Crippen molar-refractivity contribution in [2.75, 3.05) is 19.8 Å². The minimum atomic E-state index is -0.575. The zero-order chi connectivity index (χ0) is 14.3. The van der Waals surface area contributed by atoms with E-state index in [1.165, 1.54) is 12.8 Å². The lowest BCUT2D eigenvalue weighted by Crippen LogP contribution is -2.22. The second kappa shape index (κ2) is 13.7. The molecule has 4 heteroatoms. The summed E-state index contributed by atoms with van der Waals surface area (Å²) >= 11 is 0. The normalized spacial score (nSPS) is 12.2. The summed E-state index contributed by atoms with van der Waals surface area (Å²) in [5.74, 6) is 0. The van der Waals surface area contributed by atoms with Crippen LogP contribution in [-0.4, -0.2) is 32.1 Å². The third kappa shape index (κ3) is 12.0. The molecule has 114 valence electrons. The molecule has 1 unspecified atom stereocenters. The maximum Gasteiger partial charge on any atom is 0.508 e. The lowest BCUT2D eigenvalue weighted by Gasteiger charge is -2.15. The molecule has 19 heavy (non-hydrogen) atoms. The van der Waals surface area contributed by atoms with Crippen LogP contribution in [-0.2, 0) is 14.2 Å². The van der Waals surface area contributed by atoms with Gasteiger partial charge in [0.1, 0.15) is 6.61 Å². The maximum absolute atomic E-state index is 11.3. The molecule has 0 aromatic carbocycles. The van der Waals surface area contributed by atoms with Gasteiger partial charge >= 0.3 is 6.16 Å². The zero-order valence-corrected chi connectivity index (χ0v) is 12.8. The van der Waals surface area contributed by atoms with Gasteiger partial charge in [-0.1, -0.05) is 46.5 Å². The highest BCUT2D eigenvalue weighted by atomic mass is 16.7. The summed E-state index contributed by atoms with van der Waals surface area (Å²) in [6, 6.07) is 0. The lowest BCUT2D eigenvalue weighted by molar-refractivity contribution is -0.0188. The zero-order valence-electron chi connectivity index (χ0n) is 12.8. The molecule has 0 aliphatic carbocycles. The average Bonchev–Trinajstić information content (AvgIpc) is 2.42. The van der Waals surface area contributed by atoms with Gasteiger partial charge in [-0.2, -0.15) is 0 Å². The Morgan fingerprint density at radius 2 is 1.63 bits per heavy atom. The van der Waals surface area contributed by atoms with Gasteiger partial charge in [-0.05, 0) is 19.3 Å². The molecule has 0 aromatic rings. The fraction of sp³-hybridized carbons (Fsp3) is 0.933. The molecule has 0 aliphatic rings. The largest absolute Gasteiger partial charge is 0.508 e. The monoisotopic (exact) mass is 274 g/mol. The number of carbonyl (C=O) groups is 1. The van der Waals surface area contributed by atoms with Gasteiger partial charge in [-0.3, -0.25) is 0 Å². The molecule has 0 aliphatic heterocycles. The fourth-order valence-corrected chi connectivity index (χ4v) is 1.57. The van der Waals surface area contributed by atoms with Crippen molar-refractivity contribution in [2.45, 2.75) is 71.8 Å². The van der Waals surface area contributed by atoms with Crippen molar-refractivity contribution < 1.29 is 19.0 Å². The van der Waals surface area contributed by atoms with Crippen molar-refractivity contribution >= 4 is 6.16 Å². The highest BCUT2D eigenvalue weighted by Gasteiger charge is 2.11. The summed E-state index contributed by atoms with van der Waals surface area (Å²) in [7, 11) is 0. The molecule has 0 bridgehead atoms. The molecule has 0 radical (unpaired) electrons. The van der Waals surface area contributed by atoms with Crippen molar-refractivity contribution in [1.82, 2.24) is 0 Å². The van der Waals surface area contributed by atoms with E-state index < -0.39 is 6.16 Å². The molecule has 4 nitrogen and oxygen atoms in total. The topological polar surface area (TPSA) is 44.8 Å². The Bertz CT molecular complexity index is 206. The van der Waals surface area contributed by atoms with Gasteiger partial charge in [0.05, 0.1) is 12.7 Å². The number of hydrogen-bond donors (Lipinski definition) is 0. The van der Waals surface area contributed by atoms with Crippen LogP contribution in [0, 0.1) is 0 Å². The first-order valence-electron chi connectivity index (χ1n) is 7.65. The minimum absolute atomic E-state index is 0.0146. The number of hydrogen-bond acceptors (Lipinski definition) is 4. The van der Waals surface area contributed by atoms with Crippen molar-refractivity contribution in [3.63, 3.8) is 0 Å². The number of unbranched alkanes of at least 4 members (excludes halogenated alkanes) is 4. The minimum Gasteiger partial charge on any atom is -0.434 e. The Morgan fingerprint density at radius 1 is 0.895 bits per heavy atom. The van der Waals surface area contributed by atoms with Gasteiger partial charge < -0.3 is 14.2 Å². The van der Waals surface area contributed by atoms with Crippen LogP contribution in [0.1, 0.15) is 65.7 Å². The van der Waals surface area contributed by atoms with Gasteiger partial charge in [0.2, 0.25) is 0 Å². The highest BCUT2D eigenvalue weighted by molar-refractivity contribution is 5.59. The second-order valence-electron chi connectivity index (χ2n) is 4.72. The molecular weight excluding hydrogens is 244 g/mol. The van der Waals surface area contributed by atoms with E-state index in [4.69, 9.17) is 14.2 Å². The van der Waals surface area contributed by atoms with E-state index >= 15 is 0 Å². The van der Waals surface area contributed by atoms with Crippen molar-refractivity contribution in [3.8, 4) is 0 Å². The third-order valence-electron chi connectivity index (χ3n) is 2.91. The first kappa shape index (κ1) is 18.2. The Labute approximate surface area is 117 Å². The molecule has 0 fully saturated rings. The highest BCUT2D eigenvalue weighted by Crippen LogP contribution is 2.03.